The number of hydrogen-bond acceptors (Lipinski definition) is 5. The number of nitrogens with zero attached hydrogens (tertiary/aromatic N) is 2. The van der Waals surface area contributed by atoms with Crippen molar-refractivity contribution in [3.8, 4) is 0 Å². The van der Waals surface area contributed by atoms with Crippen LogP contribution in [-0.2, 0) is 14.3 Å². The third kappa shape index (κ3) is 7.97. The number of allylic oxidation sites excluding steroid dienone is 4. The maximum absolute atomic E-state index is 11.4. The van der Waals surface area contributed by atoms with Gasteiger partial charge in [-0.2, -0.15) is 0 Å². The normalized spacial score (nSPS) is 20.8. The van der Waals surface area contributed by atoms with Crippen LogP contribution in [0.5, 0.6) is 0 Å². The Hall–Kier alpha value is -3.93. The summed E-state index contributed by atoms with van der Waals surface area (Å²) in [4.78, 5) is 19.1. The molecule has 1 aromatic rings. The second-order valence-electron chi connectivity index (χ2n) is 5.31. The molecule has 1 aliphatic rings. The number of benzene rings is 1. The molecule has 0 atom stereocenters. The average molecular weight is 375 g/mol. The highest BCUT2D eigenvalue weighted by atomic mass is 16.5. The van der Waals surface area contributed by atoms with Crippen LogP contribution in [0.2, 0.25) is 0 Å². The first-order valence-corrected chi connectivity index (χ1v) is 8.51. The van der Waals surface area contributed by atoms with Gasteiger partial charge in [-0.25, -0.2) is 9.98 Å². The Labute approximate surface area is 164 Å². The smallest absolute Gasteiger partial charge is 0.267 e. The topological polar surface area (TPSA) is 86.3 Å². The van der Waals surface area contributed by atoms with Crippen LogP contribution in [0.3, 0.4) is 0 Å². The summed E-state index contributed by atoms with van der Waals surface area (Å²) in [5.74, 6) is -0.672. The van der Waals surface area contributed by atoms with Crippen LogP contribution in [0.1, 0.15) is 11.1 Å². The molecule has 1 aromatic carbocycles. The van der Waals surface area contributed by atoms with Crippen molar-refractivity contribution in [2.24, 2.45) is 15.7 Å². The summed E-state index contributed by atoms with van der Waals surface area (Å²) >= 11 is 0. The number of ether oxygens (including phenoxy) is 2. The van der Waals surface area contributed by atoms with Crippen LogP contribution < -0.4 is 5.73 Å². The van der Waals surface area contributed by atoms with Gasteiger partial charge in [0.1, 0.15) is 12.3 Å². The fraction of sp³-hybridized carbons (Fsp3) is 0.0455. The summed E-state index contributed by atoms with van der Waals surface area (Å²) in [6.45, 7) is 0.336. The number of nitrogens with two attached hydrogens (primary N) is 1. The minimum Gasteiger partial charge on any atom is -0.497 e. The highest BCUT2D eigenvalue weighted by Crippen LogP contribution is 2.12. The van der Waals surface area contributed by atoms with Crippen LogP contribution >= 0.6 is 0 Å². The molecule has 142 valence electrons. The molecule has 0 aromatic heterocycles. The monoisotopic (exact) mass is 375 g/mol. The molecule has 0 radical (unpaired) electrons. The Kier molecular flexibility index (Phi) is 9.05. The first-order chi connectivity index (χ1) is 13.8. The van der Waals surface area contributed by atoms with Crippen LogP contribution in [0.15, 0.2) is 95.6 Å². The molecule has 2 rings (SSSR count). The summed E-state index contributed by atoms with van der Waals surface area (Å²) < 4.78 is 10.4. The van der Waals surface area contributed by atoms with Crippen molar-refractivity contribution in [3.63, 3.8) is 0 Å². The summed E-state index contributed by atoms with van der Waals surface area (Å²) in [6, 6.07) is 7.99. The van der Waals surface area contributed by atoms with Crippen molar-refractivity contribution in [1.82, 2.24) is 0 Å². The lowest BCUT2D eigenvalue weighted by atomic mass is 10.1. The zero-order valence-corrected chi connectivity index (χ0v) is 15.2. The van der Waals surface area contributed by atoms with Gasteiger partial charge in [0.25, 0.3) is 5.91 Å². The first kappa shape index (κ1) is 20.4. The summed E-state index contributed by atoms with van der Waals surface area (Å²) in [5.41, 5.74) is 7.46. The van der Waals surface area contributed by atoms with E-state index in [9.17, 15) is 4.79 Å². The van der Waals surface area contributed by atoms with E-state index in [1.165, 1.54) is 37.4 Å². The van der Waals surface area contributed by atoms with Crippen LogP contribution in [0, 0.1) is 0 Å². The van der Waals surface area contributed by atoms with Crippen molar-refractivity contribution >= 4 is 30.2 Å². The maximum Gasteiger partial charge on any atom is 0.267 e. The number of primary amides is 1. The predicted molar refractivity (Wildman–Crippen MR) is 113 cm³/mol. The number of hydrogen-bond donors (Lipinski definition) is 1. The SMILES string of the molecule is NC(=O)C1=NC=CN=CO\C=C/C=C\C=C/c2ccccc2/C=C\CO/C=C\1. The zero-order valence-electron chi connectivity index (χ0n) is 15.2. The van der Waals surface area contributed by atoms with Gasteiger partial charge in [0.05, 0.1) is 12.5 Å². The van der Waals surface area contributed by atoms with Crippen molar-refractivity contribution in [3.05, 3.63) is 96.8 Å². The lowest BCUT2D eigenvalue weighted by molar-refractivity contribution is -0.111. The Balaban J connectivity index is 2.19. The fourth-order valence-corrected chi connectivity index (χ4v) is 2.04. The van der Waals surface area contributed by atoms with Gasteiger partial charge >= 0.3 is 0 Å². The number of fused-ring (bicyclic) bond motifs is 1. The van der Waals surface area contributed by atoms with E-state index >= 15 is 0 Å². The Bertz CT molecular complexity index is 888. The second-order valence-corrected chi connectivity index (χ2v) is 5.31. The lowest BCUT2D eigenvalue weighted by Gasteiger charge is -2.00. The number of carbonyl (C=O) groups is 1. The molecular weight excluding hydrogens is 354 g/mol. The number of rotatable bonds is 1. The molecule has 0 fully saturated rings. The minimum absolute atomic E-state index is 0.0442. The molecular formula is C22H21N3O3. The van der Waals surface area contributed by atoms with E-state index in [2.05, 4.69) is 9.98 Å². The highest BCUT2D eigenvalue weighted by Gasteiger charge is 2.00. The van der Waals surface area contributed by atoms with E-state index in [1.54, 1.807) is 6.08 Å². The molecule has 1 aliphatic heterocycles. The largest absolute Gasteiger partial charge is 0.497 e. The molecule has 0 spiro atoms. The second kappa shape index (κ2) is 12.4. The zero-order chi connectivity index (χ0) is 19.9. The molecule has 1 heterocycles. The van der Waals surface area contributed by atoms with E-state index in [-0.39, 0.29) is 5.71 Å². The van der Waals surface area contributed by atoms with Gasteiger partial charge in [0, 0.05) is 18.5 Å². The third-order valence-electron chi connectivity index (χ3n) is 3.31. The summed E-state index contributed by atoms with van der Waals surface area (Å²) in [7, 11) is 0. The molecule has 0 saturated carbocycles. The summed E-state index contributed by atoms with van der Waals surface area (Å²) in [5, 5.41) is 0. The summed E-state index contributed by atoms with van der Waals surface area (Å²) in [6.07, 6.45) is 21.5. The number of amides is 1. The van der Waals surface area contributed by atoms with Crippen LogP contribution in [0.25, 0.3) is 12.2 Å². The molecule has 1 amide bonds. The highest BCUT2D eigenvalue weighted by molar-refractivity contribution is 6.42. The van der Waals surface area contributed by atoms with Gasteiger partial charge in [0.2, 0.25) is 0 Å². The standard InChI is InChI=1S/C22H21N3O3/c23-22(26)21-12-17-27-16-7-11-20-10-5-4-9-19(20)8-3-1-2-6-15-28-18-24-13-14-25-21/h1-15,17-18H,16H2,(H2,23,26)/b2-1-,8-3-,11-7-,14-13?,15-6-,17-12-,24-18?,25-21?. The van der Waals surface area contributed by atoms with Crippen LogP contribution in [0.4, 0.5) is 0 Å². The van der Waals surface area contributed by atoms with Crippen molar-refractivity contribution < 1.29 is 14.3 Å². The average Bonchev–Trinajstić information content (AvgIpc) is 2.69. The minimum atomic E-state index is -0.672. The van der Waals surface area contributed by atoms with Gasteiger partial charge < -0.3 is 15.2 Å². The third-order valence-corrected chi connectivity index (χ3v) is 3.31. The molecule has 0 unspecified atom stereocenters. The lowest BCUT2D eigenvalue weighted by Crippen LogP contribution is -2.21. The quantitative estimate of drug-likeness (QED) is 0.811. The molecule has 6 nitrogen and oxygen atoms in total. The van der Waals surface area contributed by atoms with Gasteiger partial charge in [-0.15, -0.1) is 0 Å². The molecule has 2 N–H and O–H groups in total. The molecule has 0 saturated heterocycles. The van der Waals surface area contributed by atoms with Gasteiger partial charge in [-0.1, -0.05) is 54.6 Å². The molecule has 0 bridgehead atoms. The van der Waals surface area contributed by atoms with E-state index in [0.29, 0.717) is 6.61 Å². The van der Waals surface area contributed by atoms with Crippen molar-refractivity contribution in [2.45, 2.75) is 0 Å². The van der Waals surface area contributed by atoms with Gasteiger partial charge in [-0.05, 0) is 23.3 Å². The Morgan fingerprint density at radius 1 is 0.929 bits per heavy atom. The van der Waals surface area contributed by atoms with E-state index < -0.39 is 5.91 Å². The maximum atomic E-state index is 11.4. The van der Waals surface area contributed by atoms with Gasteiger partial charge in [0.15, 0.2) is 6.40 Å². The van der Waals surface area contributed by atoms with Crippen molar-refractivity contribution in [2.75, 3.05) is 6.61 Å². The van der Waals surface area contributed by atoms with E-state index in [4.69, 9.17) is 15.2 Å². The van der Waals surface area contributed by atoms with E-state index in [1.807, 2.05) is 60.7 Å². The molecule has 0 aliphatic carbocycles. The first-order valence-electron chi connectivity index (χ1n) is 8.51. The predicted octanol–water partition coefficient (Wildman–Crippen LogP) is 3.77. The number of carbonyl (C=O) groups excluding carboxylic acids is 1. The Morgan fingerprint density at radius 3 is 2.54 bits per heavy atom. The number of aliphatic imine (C=N–C) groups is 2. The molecule has 28 heavy (non-hydrogen) atoms. The Morgan fingerprint density at radius 2 is 1.71 bits per heavy atom. The van der Waals surface area contributed by atoms with Crippen molar-refractivity contribution in [1.29, 1.82) is 0 Å². The van der Waals surface area contributed by atoms with Gasteiger partial charge in [-0.3, -0.25) is 4.79 Å². The van der Waals surface area contributed by atoms with Crippen LogP contribution in [-0.4, -0.2) is 24.6 Å². The molecule has 6 heteroatoms. The fourth-order valence-electron chi connectivity index (χ4n) is 2.04. The van der Waals surface area contributed by atoms with E-state index in [0.717, 1.165) is 11.1 Å².